The Bertz CT molecular complexity index is 1100. The summed E-state index contributed by atoms with van der Waals surface area (Å²) in [6.45, 7) is 0.0903. The standard InChI is InChI=1S/C21H17FN4O3/c22-19-13(3-1-4-16(19)23)12-26-20(27)29-17-11-14(28-18-5-2-10-24-25-18)6-7-15(17)21(26)8-9-21/h1-7,10-11H,8-9,12,23H2. The molecule has 1 aromatic heterocycles. The van der Waals surface area contributed by atoms with Gasteiger partial charge in [0.05, 0.1) is 17.8 Å². The minimum Gasteiger partial charge on any atom is -0.437 e. The summed E-state index contributed by atoms with van der Waals surface area (Å²) in [5.41, 5.74) is 6.48. The van der Waals surface area contributed by atoms with Crippen molar-refractivity contribution in [2.75, 3.05) is 5.73 Å². The van der Waals surface area contributed by atoms with Crippen LogP contribution in [0.15, 0.2) is 54.7 Å². The molecule has 1 amide bonds. The van der Waals surface area contributed by atoms with E-state index in [0.717, 1.165) is 18.4 Å². The summed E-state index contributed by atoms with van der Waals surface area (Å²) < 4.78 is 25.6. The van der Waals surface area contributed by atoms with Crippen LogP contribution in [0.1, 0.15) is 24.0 Å². The molecule has 0 atom stereocenters. The maximum atomic E-state index is 14.4. The van der Waals surface area contributed by atoms with Crippen LogP contribution in [0.2, 0.25) is 0 Å². The Kier molecular flexibility index (Phi) is 3.87. The van der Waals surface area contributed by atoms with Gasteiger partial charge in [-0.1, -0.05) is 12.1 Å². The van der Waals surface area contributed by atoms with Crippen LogP contribution in [0.3, 0.4) is 0 Å². The van der Waals surface area contributed by atoms with E-state index < -0.39 is 17.4 Å². The fourth-order valence-electron chi connectivity index (χ4n) is 3.73. The van der Waals surface area contributed by atoms with Crippen molar-refractivity contribution in [3.05, 3.63) is 71.7 Å². The van der Waals surface area contributed by atoms with Crippen molar-refractivity contribution in [3.63, 3.8) is 0 Å². The molecular formula is C21H17FN4O3. The molecule has 0 radical (unpaired) electrons. The van der Waals surface area contributed by atoms with Gasteiger partial charge < -0.3 is 15.2 Å². The number of anilines is 1. The number of halogens is 1. The molecule has 2 aliphatic rings. The number of carbonyl (C=O) groups excluding carboxylic acids is 1. The van der Waals surface area contributed by atoms with Crippen LogP contribution in [0.5, 0.6) is 17.4 Å². The van der Waals surface area contributed by atoms with E-state index in [4.69, 9.17) is 15.2 Å². The quantitative estimate of drug-likeness (QED) is 0.675. The predicted molar refractivity (Wildman–Crippen MR) is 102 cm³/mol. The van der Waals surface area contributed by atoms with Crippen molar-refractivity contribution in [3.8, 4) is 17.4 Å². The van der Waals surface area contributed by atoms with E-state index in [-0.39, 0.29) is 12.2 Å². The van der Waals surface area contributed by atoms with E-state index in [0.29, 0.717) is 22.9 Å². The van der Waals surface area contributed by atoms with Crippen LogP contribution in [-0.4, -0.2) is 21.2 Å². The Hall–Kier alpha value is -3.68. The zero-order chi connectivity index (χ0) is 20.0. The van der Waals surface area contributed by atoms with Gasteiger partial charge in [-0.25, -0.2) is 9.18 Å². The van der Waals surface area contributed by atoms with E-state index in [2.05, 4.69) is 10.2 Å². The molecule has 1 aliphatic carbocycles. The van der Waals surface area contributed by atoms with Gasteiger partial charge in [-0.15, -0.1) is 5.10 Å². The first kappa shape index (κ1) is 17.4. The van der Waals surface area contributed by atoms with E-state index in [9.17, 15) is 9.18 Å². The first-order valence-corrected chi connectivity index (χ1v) is 9.19. The Morgan fingerprint density at radius 1 is 1.21 bits per heavy atom. The summed E-state index contributed by atoms with van der Waals surface area (Å²) in [7, 11) is 0. The van der Waals surface area contributed by atoms with E-state index >= 15 is 0 Å². The normalized spacial score (nSPS) is 16.3. The average Bonchev–Trinajstić information content (AvgIpc) is 3.50. The van der Waals surface area contributed by atoms with Gasteiger partial charge in [0, 0.05) is 29.5 Å². The fourth-order valence-corrected chi connectivity index (χ4v) is 3.73. The highest BCUT2D eigenvalue weighted by Crippen LogP contribution is 2.57. The zero-order valence-corrected chi connectivity index (χ0v) is 15.3. The topological polar surface area (TPSA) is 90.6 Å². The summed E-state index contributed by atoms with van der Waals surface area (Å²) in [5, 5.41) is 7.65. The molecule has 8 heteroatoms. The van der Waals surface area contributed by atoms with Crippen LogP contribution >= 0.6 is 0 Å². The second kappa shape index (κ2) is 6.44. The number of nitrogen functional groups attached to an aromatic ring is 1. The Morgan fingerprint density at radius 2 is 2.07 bits per heavy atom. The largest absolute Gasteiger partial charge is 0.437 e. The Balaban J connectivity index is 1.45. The van der Waals surface area contributed by atoms with Gasteiger partial charge in [0.1, 0.15) is 11.5 Å². The number of fused-ring (bicyclic) bond motifs is 2. The Labute approximate surface area is 165 Å². The number of nitrogens with zero attached hydrogens (tertiary/aromatic N) is 3. The molecule has 0 bridgehead atoms. The lowest BCUT2D eigenvalue weighted by Gasteiger charge is -2.37. The lowest BCUT2D eigenvalue weighted by Crippen LogP contribution is -2.45. The number of nitrogens with two attached hydrogens (primary N) is 1. The monoisotopic (exact) mass is 392 g/mol. The minimum absolute atomic E-state index is 0.0592. The molecule has 2 heterocycles. The third kappa shape index (κ3) is 2.93. The van der Waals surface area contributed by atoms with Crippen LogP contribution < -0.4 is 15.2 Å². The molecule has 0 unspecified atom stereocenters. The van der Waals surface area contributed by atoms with Gasteiger partial charge in [-0.05, 0) is 37.1 Å². The average molecular weight is 392 g/mol. The van der Waals surface area contributed by atoms with Gasteiger partial charge >= 0.3 is 6.09 Å². The lowest BCUT2D eigenvalue weighted by atomic mass is 9.99. The molecule has 3 aromatic rings. The van der Waals surface area contributed by atoms with Crippen molar-refractivity contribution < 1.29 is 18.7 Å². The molecule has 2 aromatic carbocycles. The predicted octanol–water partition coefficient (Wildman–Crippen LogP) is 3.99. The van der Waals surface area contributed by atoms with E-state index in [1.807, 2.05) is 6.07 Å². The summed E-state index contributed by atoms with van der Waals surface area (Å²) in [6.07, 6.45) is 2.59. The third-order valence-corrected chi connectivity index (χ3v) is 5.32. The molecule has 1 fully saturated rings. The van der Waals surface area contributed by atoms with Crippen molar-refractivity contribution >= 4 is 11.8 Å². The van der Waals surface area contributed by atoms with Gasteiger partial charge in [-0.2, -0.15) is 5.10 Å². The number of hydrogen-bond donors (Lipinski definition) is 1. The summed E-state index contributed by atoms with van der Waals surface area (Å²) in [6, 6.07) is 13.5. The smallest absolute Gasteiger partial charge is 0.416 e. The van der Waals surface area contributed by atoms with Crippen LogP contribution in [0.4, 0.5) is 14.9 Å². The highest BCUT2D eigenvalue weighted by molar-refractivity contribution is 5.77. The second-order valence-corrected chi connectivity index (χ2v) is 7.13. The number of ether oxygens (including phenoxy) is 2. The van der Waals surface area contributed by atoms with Crippen molar-refractivity contribution in [2.24, 2.45) is 0 Å². The van der Waals surface area contributed by atoms with Crippen LogP contribution in [-0.2, 0) is 12.1 Å². The zero-order valence-electron chi connectivity index (χ0n) is 15.3. The summed E-state index contributed by atoms with van der Waals surface area (Å²) >= 11 is 0. The fraction of sp³-hybridized carbons (Fsp3) is 0.190. The molecule has 7 nitrogen and oxygen atoms in total. The number of carbonyl (C=O) groups is 1. The van der Waals surface area contributed by atoms with Crippen LogP contribution in [0.25, 0.3) is 0 Å². The molecule has 0 saturated heterocycles. The summed E-state index contributed by atoms with van der Waals surface area (Å²) in [4.78, 5) is 14.3. The van der Waals surface area contributed by atoms with Gasteiger partial charge in [0.15, 0.2) is 5.82 Å². The lowest BCUT2D eigenvalue weighted by molar-refractivity contribution is 0.102. The highest BCUT2D eigenvalue weighted by Gasteiger charge is 2.56. The SMILES string of the molecule is Nc1cccc(CN2C(=O)Oc3cc(Oc4cccnn4)ccc3C23CC3)c1F. The number of hydrogen-bond acceptors (Lipinski definition) is 6. The molecule has 1 spiro atoms. The van der Waals surface area contributed by atoms with Crippen LogP contribution in [0, 0.1) is 5.82 Å². The van der Waals surface area contributed by atoms with E-state index in [1.165, 1.54) is 6.07 Å². The number of amides is 1. The third-order valence-electron chi connectivity index (χ3n) is 5.32. The van der Waals surface area contributed by atoms with Crippen molar-refractivity contribution in [1.82, 2.24) is 15.1 Å². The minimum atomic E-state index is -0.520. The number of benzene rings is 2. The number of aromatic nitrogens is 2. The van der Waals surface area contributed by atoms with Gasteiger partial charge in [-0.3, -0.25) is 4.90 Å². The number of rotatable bonds is 4. The first-order chi connectivity index (χ1) is 14.1. The van der Waals surface area contributed by atoms with Gasteiger partial charge in [0.2, 0.25) is 5.88 Å². The van der Waals surface area contributed by atoms with E-state index in [1.54, 1.807) is 47.5 Å². The molecular weight excluding hydrogens is 375 g/mol. The maximum absolute atomic E-state index is 14.4. The van der Waals surface area contributed by atoms with Crippen molar-refractivity contribution in [1.29, 1.82) is 0 Å². The van der Waals surface area contributed by atoms with Gasteiger partial charge in [0.25, 0.3) is 0 Å². The second-order valence-electron chi connectivity index (χ2n) is 7.13. The molecule has 2 N–H and O–H groups in total. The molecule has 5 rings (SSSR count). The molecule has 146 valence electrons. The summed E-state index contributed by atoms with van der Waals surface area (Å²) in [5.74, 6) is 0.769. The molecule has 1 aliphatic heterocycles. The maximum Gasteiger partial charge on any atom is 0.416 e. The molecule has 1 saturated carbocycles. The first-order valence-electron chi connectivity index (χ1n) is 9.19. The molecule has 29 heavy (non-hydrogen) atoms. The Morgan fingerprint density at radius 3 is 2.83 bits per heavy atom. The highest BCUT2D eigenvalue weighted by atomic mass is 19.1. The van der Waals surface area contributed by atoms with Crippen molar-refractivity contribution in [2.45, 2.75) is 24.9 Å².